The summed E-state index contributed by atoms with van der Waals surface area (Å²) >= 11 is 1.35. The molecule has 0 saturated heterocycles. The molecule has 0 fully saturated rings. The van der Waals surface area contributed by atoms with Gasteiger partial charge in [0.2, 0.25) is 5.82 Å². The molecule has 0 unspecified atom stereocenters. The molecule has 2 heterocycles. The number of H-pyrrole nitrogens is 1. The average Bonchev–Trinajstić information content (AvgIpc) is 3.16. The van der Waals surface area contributed by atoms with E-state index in [9.17, 15) is 23.5 Å². The second kappa shape index (κ2) is 11.9. The number of amides is 1. The average molecular weight is 541 g/mol. The quantitative estimate of drug-likeness (QED) is 0.244. The number of benzene rings is 2. The van der Waals surface area contributed by atoms with E-state index in [1.54, 1.807) is 0 Å². The van der Waals surface area contributed by atoms with E-state index >= 15 is 0 Å². The largest absolute Gasteiger partial charge is 0.390 e. The molecule has 7 nitrogen and oxygen atoms in total. The molecule has 0 radical (unpaired) electrons. The Labute approximate surface area is 223 Å². The van der Waals surface area contributed by atoms with Crippen LogP contribution in [-0.4, -0.2) is 39.7 Å². The van der Waals surface area contributed by atoms with Crippen molar-refractivity contribution in [3.05, 3.63) is 97.4 Å². The zero-order valence-corrected chi connectivity index (χ0v) is 22.2. The summed E-state index contributed by atoms with van der Waals surface area (Å²) in [6, 6.07) is 10.2. The first-order chi connectivity index (χ1) is 18.1. The lowest BCUT2D eigenvalue weighted by Crippen LogP contribution is -2.49. The smallest absolute Gasteiger partial charge is 0.287 e. The molecular formula is C28H30F2N4O3S. The van der Waals surface area contributed by atoms with Crippen LogP contribution in [0.2, 0.25) is 0 Å². The van der Waals surface area contributed by atoms with Gasteiger partial charge < -0.3 is 20.7 Å². The Bertz CT molecular complexity index is 1500. The Hall–Kier alpha value is -3.47. The third-order valence-corrected chi connectivity index (χ3v) is 7.62. The van der Waals surface area contributed by atoms with Gasteiger partial charge in [0.25, 0.3) is 11.5 Å². The summed E-state index contributed by atoms with van der Waals surface area (Å²) in [5.41, 5.74) is 2.79. The predicted octanol–water partition coefficient (Wildman–Crippen LogP) is 3.93. The Balaban J connectivity index is 1.53. The minimum absolute atomic E-state index is 0.0434. The Morgan fingerprint density at radius 3 is 2.53 bits per heavy atom. The van der Waals surface area contributed by atoms with Crippen LogP contribution >= 0.6 is 11.3 Å². The highest BCUT2D eigenvalue weighted by Gasteiger charge is 2.25. The molecule has 0 aliphatic heterocycles. The number of rotatable bonds is 10. The first kappa shape index (κ1) is 27.6. The number of hydrogen-bond donors (Lipinski definition) is 4. The predicted molar refractivity (Wildman–Crippen MR) is 145 cm³/mol. The maximum Gasteiger partial charge on any atom is 0.287 e. The number of halogens is 2. The van der Waals surface area contributed by atoms with Gasteiger partial charge in [0.1, 0.15) is 16.5 Å². The van der Waals surface area contributed by atoms with Gasteiger partial charge in [0.05, 0.1) is 17.5 Å². The number of aryl methyl sites for hydroxylation is 3. The maximum atomic E-state index is 13.8. The van der Waals surface area contributed by atoms with Crippen molar-refractivity contribution in [3.8, 4) is 0 Å². The van der Waals surface area contributed by atoms with Crippen molar-refractivity contribution in [1.82, 2.24) is 20.6 Å². The highest BCUT2D eigenvalue weighted by Crippen LogP contribution is 2.25. The number of carbonyl (C=O) groups is 1. The van der Waals surface area contributed by atoms with E-state index in [2.05, 4.69) is 33.6 Å². The van der Waals surface area contributed by atoms with Crippen molar-refractivity contribution in [3.63, 3.8) is 0 Å². The molecule has 4 aromatic rings. The zero-order chi connectivity index (χ0) is 27.4. The van der Waals surface area contributed by atoms with Gasteiger partial charge in [-0.1, -0.05) is 31.2 Å². The fraction of sp³-hybridized carbons (Fsp3) is 0.321. The van der Waals surface area contributed by atoms with Crippen LogP contribution in [0.3, 0.4) is 0 Å². The Morgan fingerprint density at radius 1 is 1.11 bits per heavy atom. The first-order valence-corrected chi connectivity index (χ1v) is 13.2. The zero-order valence-electron chi connectivity index (χ0n) is 21.4. The van der Waals surface area contributed by atoms with Gasteiger partial charge in [-0.15, -0.1) is 11.3 Å². The molecule has 0 saturated carbocycles. The normalized spacial score (nSPS) is 13.0. The molecule has 2 atom stereocenters. The lowest BCUT2D eigenvalue weighted by Gasteiger charge is -2.25. The van der Waals surface area contributed by atoms with Crippen molar-refractivity contribution in [2.24, 2.45) is 0 Å². The molecule has 0 bridgehead atoms. The third kappa shape index (κ3) is 6.50. The van der Waals surface area contributed by atoms with Crippen molar-refractivity contribution >= 4 is 27.5 Å². The highest BCUT2D eigenvalue weighted by molar-refractivity contribution is 7.18. The molecule has 200 valence electrons. The fourth-order valence-corrected chi connectivity index (χ4v) is 5.39. The van der Waals surface area contributed by atoms with Gasteiger partial charge >= 0.3 is 0 Å². The maximum absolute atomic E-state index is 13.8. The molecule has 1 amide bonds. The molecule has 0 spiro atoms. The van der Waals surface area contributed by atoms with Crippen molar-refractivity contribution in [2.45, 2.75) is 52.3 Å². The lowest BCUT2D eigenvalue weighted by molar-refractivity contribution is 0.0820. The second-order valence-corrected chi connectivity index (χ2v) is 10.5. The molecule has 10 heteroatoms. The van der Waals surface area contributed by atoms with E-state index in [0.29, 0.717) is 16.8 Å². The molecule has 2 aromatic heterocycles. The van der Waals surface area contributed by atoms with E-state index in [-0.39, 0.29) is 24.4 Å². The fourth-order valence-electron chi connectivity index (χ4n) is 4.34. The number of aromatic amines is 1. The highest BCUT2D eigenvalue weighted by atomic mass is 32.1. The number of carbonyl (C=O) groups excluding carboxylic acids is 1. The van der Waals surface area contributed by atoms with Crippen LogP contribution in [0.25, 0.3) is 10.2 Å². The second-order valence-electron chi connectivity index (χ2n) is 9.31. The van der Waals surface area contributed by atoms with E-state index in [1.807, 2.05) is 32.0 Å². The van der Waals surface area contributed by atoms with Crippen LogP contribution in [0.5, 0.6) is 0 Å². The third-order valence-electron chi connectivity index (χ3n) is 6.50. The first-order valence-electron chi connectivity index (χ1n) is 12.4. The molecule has 4 rings (SSSR count). The van der Waals surface area contributed by atoms with Gasteiger partial charge in [-0.05, 0) is 61.1 Å². The van der Waals surface area contributed by atoms with Crippen LogP contribution in [0, 0.1) is 25.5 Å². The number of aromatic nitrogens is 2. The number of nitrogens with zero attached hydrogens (tertiary/aromatic N) is 1. The van der Waals surface area contributed by atoms with Crippen LogP contribution in [-0.2, 0) is 19.4 Å². The van der Waals surface area contributed by atoms with E-state index < -0.39 is 35.2 Å². The van der Waals surface area contributed by atoms with Gasteiger partial charge in [-0.3, -0.25) is 9.59 Å². The lowest BCUT2D eigenvalue weighted by atomic mass is 10.0. The summed E-state index contributed by atoms with van der Waals surface area (Å²) in [5.74, 6) is -2.42. The topological polar surface area (TPSA) is 107 Å². The molecule has 0 aliphatic carbocycles. The number of nitrogens with one attached hydrogen (secondary N) is 3. The van der Waals surface area contributed by atoms with E-state index in [1.165, 1.54) is 16.9 Å². The summed E-state index contributed by atoms with van der Waals surface area (Å²) < 4.78 is 27.7. The van der Waals surface area contributed by atoms with Gasteiger partial charge in [0.15, 0.2) is 0 Å². The molecule has 2 aromatic carbocycles. The summed E-state index contributed by atoms with van der Waals surface area (Å²) in [5, 5.41) is 17.3. The Kier molecular flexibility index (Phi) is 8.65. The van der Waals surface area contributed by atoms with E-state index in [0.717, 1.165) is 40.6 Å². The SMILES string of the molecule is CCc1cccc(CNC[C@H](O)[C@H](Cc2cc(F)cc(F)c2)NC(=O)c2nc(=O)c3c(C)c(C)sc3[nH]2)c1. The summed E-state index contributed by atoms with van der Waals surface area (Å²) in [4.78, 5) is 34.0. The Morgan fingerprint density at radius 2 is 1.82 bits per heavy atom. The minimum Gasteiger partial charge on any atom is -0.390 e. The van der Waals surface area contributed by atoms with Gasteiger partial charge in [-0.25, -0.2) is 8.78 Å². The van der Waals surface area contributed by atoms with Crippen molar-refractivity contribution in [1.29, 1.82) is 0 Å². The summed E-state index contributed by atoms with van der Waals surface area (Å²) in [7, 11) is 0. The molecule has 4 N–H and O–H groups in total. The van der Waals surface area contributed by atoms with Gasteiger partial charge in [-0.2, -0.15) is 4.98 Å². The number of fused-ring (bicyclic) bond motifs is 1. The monoisotopic (exact) mass is 540 g/mol. The number of aliphatic hydroxyl groups excluding tert-OH is 1. The van der Waals surface area contributed by atoms with E-state index in [4.69, 9.17) is 0 Å². The minimum atomic E-state index is -1.11. The molecule has 38 heavy (non-hydrogen) atoms. The van der Waals surface area contributed by atoms with Crippen LogP contribution in [0.15, 0.2) is 47.3 Å². The molecular weight excluding hydrogens is 510 g/mol. The summed E-state index contributed by atoms with van der Waals surface area (Å²) in [6.45, 7) is 6.36. The standard InChI is InChI=1S/C28H30F2N4O3S/c1-4-17-6-5-7-18(8-17)13-31-14-23(35)22(11-19-9-20(29)12-21(30)10-19)32-27(37)25-33-26(36)24-15(2)16(3)38-28(24)34-25/h5-10,12,22-23,31,35H,4,11,13-14H2,1-3H3,(H,32,37)(H,33,34,36)/t22-,23-/m0/s1. The molecule has 0 aliphatic rings. The van der Waals surface area contributed by atoms with Crippen molar-refractivity contribution < 1.29 is 18.7 Å². The number of aliphatic hydroxyl groups is 1. The van der Waals surface area contributed by atoms with Crippen LogP contribution < -0.4 is 16.2 Å². The van der Waals surface area contributed by atoms with Crippen LogP contribution in [0.1, 0.15) is 44.7 Å². The summed E-state index contributed by atoms with van der Waals surface area (Å²) in [6.07, 6.45) is -0.249. The van der Waals surface area contributed by atoms with Crippen LogP contribution in [0.4, 0.5) is 8.78 Å². The van der Waals surface area contributed by atoms with Gasteiger partial charge in [0, 0.05) is 24.0 Å². The van der Waals surface area contributed by atoms with Crippen molar-refractivity contribution in [2.75, 3.05) is 6.54 Å². The number of thiophene rings is 1. The number of hydrogen-bond acceptors (Lipinski definition) is 6.